The molecule has 7 aromatic carbocycles. The van der Waals surface area contributed by atoms with Crippen molar-refractivity contribution in [2.75, 3.05) is 9.80 Å². The molecule has 0 aliphatic carbocycles. The van der Waals surface area contributed by atoms with Crippen LogP contribution >= 0.6 is 0 Å². The molecule has 0 fully saturated rings. The van der Waals surface area contributed by atoms with E-state index >= 15 is 0 Å². The maximum absolute atomic E-state index is 2.30. The van der Waals surface area contributed by atoms with E-state index in [-0.39, 0.29) is 0 Å². The largest absolute Gasteiger partial charge is 0.311 e. The molecule has 0 aliphatic heterocycles. The molecule has 2 nitrogen and oxygen atoms in total. The maximum atomic E-state index is 2.30. The van der Waals surface area contributed by atoms with Gasteiger partial charge >= 0.3 is 0 Å². The van der Waals surface area contributed by atoms with E-state index in [1.54, 1.807) is 0 Å². The zero-order valence-electron chi connectivity index (χ0n) is 28.5. The monoisotopic (exact) mass is 644 g/mol. The zero-order valence-corrected chi connectivity index (χ0v) is 28.5. The van der Waals surface area contributed by atoms with Gasteiger partial charge in [-0.25, -0.2) is 0 Å². The van der Waals surface area contributed by atoms with Crippen LogP contribution in [-0.4, -0.2) is 0 Å². The first-order valence-electron chi connectivity index (χ1n) is 17.1. The Bertz CT molecular complexity index is 2090. The molecule has 0 amide bonds. The van der Waals surface area contributed by atoms with Crippen molar-refractivity contribution in [2.45, 2.75) is 13.8 Å². The molecule has 50 heavy (non-hydrogen) atoms. The average molecular weight is 645 g/mol. The summed E-state index contributed by atoms with van der Waals surface area (Å²) in [5.74, 6) is 0. The molecule has 7 rings (SSSR count). The summed E-state index contributed by atoms with van der Waals surface area (Å²) in [6.07, 6.45) is 8.71. The lowest BCUT2D eigenvalue weighted by Gasteiger charge is -2.25. The van der Waals surface area contributed by atoms with Crippen LogP contribution in [0, 0.1) is 13.8 Å². The lowest BCUT2D eigenvalue weighted by molar-refractivity contribution is 1.27. The van der Waals surface area contributed by atoms with Gasteiger partial charge in [-0.05, 0) is 115 Å². The fourth-order valence-corrected chi connectivity index (χ4v) is 6.06. The maximum Gasteiger partial charge on any atom is 0.0462 e. The highest BCUT2D eigenvalue weighted by Gasteiger charge is 2.13. The van der Waals surface area contributed by atoms with E-state index in [4.69, 9.17) is 0 Å². The third-order valence-corrected chi connectivity index (χ3v) is 8.76. The molecule has 0 unspecified atom stereocenters. The fourth-order valence-electron chi connectivity index (χ4n) is 6.06. The third kappa shape index (κ3) is 7.84. The van der Waals surface area contributed by atoms with Crippen LogP contribution in [0.3, 0.4) is 0 Å². The van der Waals surface area contributed by atoms with Crippen molar-refractivity contribution >= 4 is 58.4 Å². The molecule has 0 saturated carbocycles. The predicted octanol–water partition coefficient (Wildman–Crippen LogP) is 13.6. The van der Waals surface area contributed by atoms with Gasteiger partial charge in [0.25, 0.3) is 0 Å². The summed E-state index contributed by atoms with van der Waals surface area (Å²) in [4.78, 5) is 4.58. The normalized spacial score (nSPS) is 11.2. The molecule has 0 aromatic heterocycles. The Hall–Kier alpha value is -6.38. The Labute approximate surface area is 296 Å². The van der Waals surface area contributed by atoms with Gasteiger partial charge in [0, 0.05) is 34.1 Å². The van der Waals surface area contributed by atoms with Crippen LogP contribution in [-0.2, 0) is 0 Å². The first-order valence-corrected chi connectivity index (χ1v) is 17.1. The van der Waals surface area contributed by atoms with Gasteiger partial charge < -0.3 is 9.80 Å². The van der Waals surface area contributed by atoms with Gasteiger partial charge in [-0.2, -0.15) is 0 Å². The summed E-state index contributed by atoms with van der Waals surface area (Å²) in [5, 5.41) is 0. The number of benzene rings is 7. The van der Waals surface area contributed by atoms with Crippen molar-refractivity contribution in [2.24, 2.45) is 0 Å². The molecular weight excluding hydrogens is 605 g/mol. The number of hydrogen-bond acceptors (Lipinski definition) is 2. The molecule has 0 heterocycles. The third-order valence-electron chi connectivity index (χ3n) is 8.76. The second-order valence-corrected chi connectivity index (χ2v) is 12.5. The Balaban J connectivity index is 1.05. The number of hydrogen-bond donors (Lipinski definition) is 0. The molecule has 0 atom stereocenters. The minimum absolute atomic E-state index is 1.12. The molecule has 0 N–H and O–H groups in total. The topological polar surface area (TPSA) is 6.48 Å². The Morgan fingerprint density at radius 3 is 0.940 bits per heavy atom. The van der Waals surface area contributed by atoms with Crippen molar-refractivity contribution < 1.29 is 0 Å². The lowest BCUT2D eigenvalue weighted by Crippen LogP contribution is -2.09. The summed E-state index contributed by atoms with van der Waals surface area (Å²) in [6, 6.07) is 64.5. The molecule has 242 valence electrons. The summed E-state index contributed by atoms with van der Waals surface area (Å²) in [6.45, 7) is 4.25. The van der Waals surface area contributed by atoms with Crippen LogP contribution in [0.2, 0.25) is 0 Å². The first kappa shape index (κ1) is 32.2. The molecule has 0 aliphatic rings. The summed E-state index contributed by atoms with van der Waals surface area (Å²) >= 11 is 0. The second kappa shape index (κ2) is 15.2. The van der Waals surface area contributed by atoms with Crippen molar-refractivity contribution in [1.82, 2.24) is 0 Å². The highest BCUT2D eigenvalue weighted by Crippen LogP contribution is 2.36. The summed E-state index contributed by atoms with van der Waals surface area (Å²) in [5.41, 5.74) is 13.9. The van der Waals surface area contributed by atoms with Gasteiger partial charge in [-0.15, -0.1) is 0 Å². The predicted molar refractivity (Wildman–Crippen MR) is 216 cm³/mol. The number of nitrogens with zero attached hydrogens (tertiary/aromatic N) is 2. The number of para-hydroxylation sites is 2. The van der Waals surface area contributed by atoms with Crippen molar-refractivity contribution in [1.29, 1.82) is 0 Å². The molecule has 0 saturated heterocycles. The molecular formula is C48H40N2. The molecule has 7 aromatic rings. The SMILES string of the molecule is Cc1ccc(N(c2ccc(C)cc2)c2ccc(C=Cc3cccc(C=Cc4ccc(N(c5ccccc5)c5ccccc5)cc4)c3)cc2)cc1. The van der Waals surface area contributed by atoms with E-state index in [1.807, 2.05) is 0 Å². The van der Waals surface area contributed by atoms with Crippen molar-refractivity contribution in [3.8, 4) is 0 Å². The highest BCUT2D eigenvalue weighted by molar-refractivity contribution is 5.80. The summed E-state index contributed by atoms with van der Waals surface area (Å²) in [7, 11) is 0. The van der Waals surface area contributed by atoms with Crippen molar-refractivity contribution in [3.63, 3.8) is 0 Å². The molecule has 2 heteroatoms. The van der Waals surface area contributed by atoms with E-state index < -0.39 is 0 Å². The quantitative estimate of drug-likeness (QED) is 0.137. The summed E-state index contributed by atoms with van der Waals surface area (Å²) < 4.78 is 0. The number of aryl methyl sites for hydroxylation is 2. The minimum Gasteiger partial charge on any atom is -0.311 e. The van der Waals surface area contributed by atoms with Gasteiger partial charge in [-0.1, -0.05) is 139 Å². The van der Waals surface area contributed by atoms with E-state index in [2.05, 4.69) is 230 Å². The second-order valence-electron chi connectivity index (χ2n) is 12.5. The van der Waals surface area contributed by atoms with Crippen LogP contribution < -0.4 is 9.80 Å². The number of rotatable bonds is 10. The Morgan fingerprint density at radius 1 is 0.280 bits per heavy atom. The Kier molecular flexibility index (Phi) is 9.80. The van der Waals surface area contributed by atoms with E-state index in [1.165, 1.54) is 11.1 Å². The standard InChI is InChI=1S/C48H40N2/c1-37-16-28-45(29-17-37)50(46-30-18-38(2)19-31-46)48-34-26-40(27-35-48)21-23-42-11-9-10-41(36-42)22-20-39-24-32-47(33-25-39)49(43-12-5-3-6-13-43)44-14-7-4-8-15-44/h3-36H,1-2H3. The van der Waals surface area contributed by atoms with Gasteiger partial charge in [0.05, 0.1) is 0 Å². The highest BCUT2D eigenvalue weighted by atomic mass is 15.1. The van der Waals surface area contributed by atoms with Crippen LogP contribution in [0.4, 0.5) is 34.1 Å². The number of anilines is 6. The minimum atomic E-state index is 1.12. The van der Waals surface area contributed by atoms with Gasteiger partial charge in [0.15, 0.2) is 0 Å². The van der Waals surface area contributed by atoms with Gasteiger partial charge in [0.2, 0.25) is 0 Å². The fraction of sp³-hybridized carbons (Fsp3) is 0.0417. The van der Waals surface area contributed by atoms with Crippen LogP contribution in [0.15, 0.2) is 182 Å². The lowest BCUT2D eigenvalue weighted by atomic mass is 10.1. The van der Waals surface area contributed by atoms with E-state index in [0.717, 1.165) is 56.4 Å². The average Bonchev–Trinajstić information content (AvgIpc) is 3.17. The molecule has 0 bridgehead atoms. The van der Waals surface area contributed by atoms with E-state index in [9.17, 15) is 0 Å². The zero-order chi connectivity index (χ0) is 34.1. The van der Waals surface area contributed by atoms with Crippen LogP contribution in [0.5, 0.6) is 0 Å². The smallest absolute Gasteiger partial charge is 0.0462 e. The van der Waals surface area contributed by atoms with Gasteiger partial charge in [0.1, 0.15) is 0 Å². The van der Waals surface area contributed by atoms with Crippen LogP contribution in [0.1, 0.15) is 33.4 Å². The van der Waals surface area contributed by atoms with Crippen LogP contribution in [0.25, 0.3) is 24.3 Å². The first-order chi connectivity index (χ1) is 24.6. The Morgan fingerprint density at radius 2 is 0.580 bits per heavy atom. The molecule has 0 spiro atoms. The molecule has 0 radical (unpaired) electrons. The van der Waals surface area contributed by atoms with E-state index in [0.29, 0.717) is 0 Å². The van der Waals surface area contributed by atoms with Gasteiger partial charge in [-0.3, -0.25) is 0 Å². The van der Waals surface area contributed by atoms with Crippen molar-refractivity contribution in [3.05, 3.63) is 215 Å².